The first-order chi connectivity index (χ1) is 46.4. The van der Waals surface area contributed by atoms with Gasteiger partial charge in [-0.15, -0.1) is 0 Å². The van der Waals surface area contributed by atoms with Crippen molar-refractivity contribution in [2.75, 3.05) is 0 Å². The van der Waals surface area contributed by atoms with Crippen molar-refractivity contribution in [3.63, 3.8) is 0 Å². The zero-order valence-electron chi connectivity index (χ0n) is 51.2. The highest BCUT2D eigenvalue weighted by atomic mass is 15.1. The molecule has 438 valence electrons. The van der Waals surface area contributed by atoms with Crippen LogP contribution in [0.1, 0.15) is 17.0 Å². The number of hydrogen-bond donors (Lipinski definition) is 0. The lowest BCUT2D eigenvalue weighted by atomic mass is 10.0. The molecule has 9 nitrogen and oxygen atoms in total. The van der Waals surface area contributed by atoms with E-state index in [0.717, 1.165) is 139 Å². The van der Waals surface area contributed by atoms with Gasteiger partial charge in [0, 0.05) is 98.8 Å². The van der Waals surface area contributed by atoms with Gasteiger partial charge in [0.25, 0.3) is 0 Å². The highest BCUT2D eigenvalue weighted by Gasteiger charge is 2.28. The number of aromatic nitrogens is 8. The Kier molecular flexibility index (Phi) is 10.9. The standard InChI is InChI=1S/C85H53N9/c1-51-43-52(2)88-85(87-51)84-82(93-78-46-54(89-70-27-11-3-19-58(70)59-20-4-12-28-71(59)89)35-39-66(78)67-40-36-55(47-79(67)93)90-72-29-13-5-21-60(72)61-22-6-14-30-73(61)90)44-53(50-86)45-83(84)94-80-48-56(91-74-31-15-7-23-62(74)63-24-8-16-32-75(63)91)37-41-68(80)69-42-38-57(49-81(69)94)92-76-33-17-9-25-64(76)65-26-10-18-34-77(65)92/h3-49H,1-2H3. The van der Waals surface area contributed by atoms with Gasteiger partial charge in [0.05, 0.1) is 94.8 Å². The second-order valence-electron chi connectivity index (χ2n) is 24.9. The Morgan fingerprint density at radius 3 is 0.702 bits per heavy atom. The number of nitrogens with zero attached hydrogens (tertiary/aromatic N) is 9. The number of aryl methyl sites for hydroxylation is 2. The van der Waals surface area contributed by atoms with E-state index in [1.165, 1.54) is 43.1 Å². The van der Waals surface area contributed by atoms with Crippen molar-refractivity contribution in [3.8, 4) is 51.6 Å². The molecule has 7 aromatic heterocycles. The molecule has 20 rings (SSSR count). The fourth-order valence-corrected chi connectivity index (χ4v) is 16.0. The third kappa shape index (κ3) is 7.33. The zero-order chi connectivity index (χ0) is 62.0. The molecule has 7 heterocycles. The van der Waals surface area contributed by atoms with Crippen molar-refractivity contribution in [1.29, 1.82) is 5.26 Å². The zero-order valence-corrected chi connectivity index (χ0v) is 51.2. The van der Waals surface area contributed by atoms with E-state index in [0.29, 0.717) is 11.4 Å². The van der Waals surface area contributed by atoms with Gasteiger partial charge in [-0.3, -0.25) is 0 Å². The fourth-order valence-electron chi connectivity index (χ4n) is 16.0. The normalized spacial score (nSPS) is 12.1. The summed E-state index contributed by atoms with van der Waals surface area (Å²) in [7, 11) is 0. The van der Waals surface area contributed by atoms with E-state index in [-0.39, 0.29) is 0 Å². The van der Waals surface area contributed by atoms with Gasteiger partial charge >= 0.3 is 0 Å². The Hall–Kier alpha value is -12.8. The summed E-state index contributed by atoms with van der Waals surface area (Å²) in [6.07, 6.45) is 0. The summed E-state index contributed by atoms with van der Waals surface area (Å²) in [5.74, 6) is 0.547. The Labute approximate surface area is 537 Å². The number of fused-ring (bicyclic) bond motifs is 18. The first-order valence-corrected chi connectivity index (χ1v) is 31.9. The number of benzene rings is 13. The van der Waals surface area contributed by atoms with Crippen LogP contribution in [-0.2, 0) is 0 Å². The second kappa shape index (κ2) is 19.6. The van der Waals surface area contributed by atoms with Crippen molar-refractivity contribution in [1.82, 2.24) is 37.4 Å². The van der Waals surface area contributed by atoms with Gasteiger partial charge in [-0.1, -0.05) is 170 Å². The Morgan fingerprint density at radius 1 is 0.245 bits per heavy atom. The first kappa shape index (κ1) is 52.0. The quantitative estimate of drug-likeness (QED) is 0.159. The lowest BCUT2D eigenvalue weighted by Gasteiger charge is -2.21. The monoisotopic (exact) mass is 1200 g/mol. The maximum absolute atomic E-state index is 11.9. The average molecular weight is 1200 g/mol. The minimum absolute atomic E-state index is 0.484. The molecule has 0 radical (unpaired) electrons. The maximum Gasteiger partial charge on any atom is 0.163 e. The number of rotatable bonds is 7. The van der Waals surface area contributed by atoms with Gasteiger partial charge in [-0.25, -0.2) is 9.97 Å². The van der Waals surface area contributed by atoms with E-state index in [4.69, 9.17) is 9.97 Å². The minimum atomic E-state index is 0.484. The van der Waals surface area contributed by atoms with Crippen LogP contribution in [0.5, 0.6) is 0 Å². The summed E-state index contributed by atoms with van der Waals surface area (Å²) >= 11 is 0. The summed E-state index contributed by atoms with van der Waals surface area (Å²) in [5.41, 5.74) is 21.3. The molecule has 0 N–H and O–H groups in total. The number of para-hydroxylation sites is 8. The average Bonchev–Trinajstić information content (AvgIpc) is 1.51. The van der Waals surface area contributed by atoms with Crippen molar-refractivity contribution < 1.29 is 0 Å². The van der Waals surface area contributed by atoms with E-state index in [9.17, 15) is 5.26 Å². The lowest BCUT2D eigenvalue weighted by Crippen LogP contribution is -2.08. The predicted octanol–water partition coefficient (Wildman–Crippen LogP) is 21.2. The molecule has 0 saturated carbocycles. The molecular formula is C85H53N9. The maximum atomic E-state index is 11.9. The van der Waals surface area contributed by atoms with Crippen LogP contribution in [0.25, 0.3) is 176 Å². The van der Waals surface area contributed by atoms with Crippen LogP contribution in [0, 0.1) is 25.2 Å². The summed E-state index contributed by atoms with van der Waals surface area (Å²) in [6.45, 7) is 4.10. The van der Waals surface area contributed by atoms with Crippen LogP contribution in [0.4, 0.5) is 0 Å². The van der Waals surface area contributed by atoms with Crippen LogP contribution >= 0.6 is 0 Å². The van der Waals surface area contributed by atoms with Gasteiger partial charge in [0.1, 0.15) is 0 Å². The summed E-state index contributed by atoms with van der Waals surface area (Å²) in [6, 6.07) is 106. The van der Waals surface area contributed by atoms with Gasteiger partial charge in [0.15, 0.2) is 5.82 Å². The van der Waals surface area contributed by atoms with E-state index >= 15 is 0 Å². The van der Waals surface area contributed by atoms with E-state index in [1.54, 1.807) is 0 Å². The molecule has 0 atom stereocenters. The summed E-state index contributed by atoms with van der Waals surface area (Å²) in [5, 5.41) is 25.6. The smallest absolute Gasteiger partial charge is 0.163 e. The molecular weight excluding hydrogens is 1150 g/mol. The highest BCUT2D eigenvalue weighted by Crippen LogP contribution is 2.46. The minimum Gasteiger partial charge on any atom is -0.309 e. The molecule has 0 amide bonds. The van der Waals surface area contributed by atoms with E-state index < -0.39 is 0 Å². The molecule has 0 bridgehead atoms. The molecule has 94 heavy (non-hydrogen) atoms. The molecule has 0 aliphatic heterocycles. The molecule has 0 aliphatic carbocycles. The largest absolute Gasteiger partial charge is 0.309 e. The number of hydrogen-bond acceptors (Lipinski definition) is 3. The molecule has 13 aromatic carbocycles. The van der Waals surface area contributed by atoms with Crippen LogP contribution < -0.4 is 0 Å². The molecule has 20 aromatic rings. The molecule has 0 aliphatic rings. The number of nitriles is 1. The molecule has 0 saturated heterocycles. The topological polar surface area (TPSA) is 79.1 Å². The van der Waals surface area contributed by atoms with Crippen molar-refractivity contribution >= 4 is 131 Å². The van der Waals surface area contributed by atoms with Gasteiger partial charge in [-0.2, -0.15) is 5.26 Å². The van der Waals surface area contributed by atoms with Crippen molar-refractivity contribution in [2.24, 2.45) is 0 Å². The van der Waals surface area contributed by atoms with Crippen LogP contribution in [0.15, 0.2) is 285 Å². The van der Waals surface area contributed by atoms with Crippen LogP contribution in [0.2, 0.25) is 0 Å². The van der Waals surface area contributed by atoms with Crippen molar-refractivity contribution in [3.05, 3.63) is 302 Å². The van der Waals surface area contributed by atoms with Crippen molar-refractivity contribution in [2.45, 2.75) is 13.8 Å². The van der Waals surface area contributed by atoms with Gasteiger partial charge < -0.3 is 27.4 Å². The first-order valence-electron chi connectivity index (χ1n) is 31.9. The molecule has 0 spiro atoms. The molecule has 0 fully saturated rings. The lowest BCUT2D eigenvalue weighted by molar-refractivity contribution is 1.04. The van der Waals surface area contributed by atoms with E-state index in [2.05, 4.69) is 313 Å². The molecule has 0 unspecified atom stereocenters. The molecule has 9 heteroatoms. The Bertz CT molecular complexity index is 5780. The van der Waals surface area contributed by atoms with Crippen LogP contribution in [0.3, 0.4) is 0 Å². The third-order valence-electron chi connectivity index (χ3n) is 19.7. The fraction of sp³-hybridized carbons (Fsp3) is 0.0235. The predicted molar refractivity (Wildman–Crippen MR) is 388 cm³/mol. The highest BCUT2D eigenvalue weighted by molar-refractivity contribution is 6.17. The Balaban J connectivity index is 0.953. The van der Waals surface area contributed by atoms with Gasteiger partial charge in [-0.05, 0) is 129 Å². The Morgan fingerprint density at radius 2 is 0.468 bits per heavy atom. The summed E-state index contributed by atoms with van der Waals surface area (Å²) < 4.78 is 14.4. The van der Waals surface area contributed by atoms with Gasteiger partial charge in [0.2, 0.25) is 0 Å². The SMILES string of the molecule is Cc1cc(C)nc(-c2c(-n3c4cc(-n5c6ccccc6c6ccccc65)ccc4c4ccc(-n5c6ccccc6c6ccccc65)cc43)cc(C#N)cc2-n2c3cc(-n4c5ccccc5c5ccccc54)ccc3c3ccc(-n4c5ccccc5c5ccccc54)cc32)n1. The second-order valence-corrected chi connectivity index (χ2v) is 24.9. The van der Waals surface area contributed by atoms with Crippen LogP contribution in [-0.4, -0.2) is 37.4 Å². The third-order valence-corrected chi connectivity index (χ3v) is 19.7. The van der Waals surface area contributed by atoms with E-state index in [1.807, 2.05) is 19.9 Å². The summed E-state index contributed by atoms with van der Waals surface area (Å²) in [4.78, 5) is 11.0.